The fourth-order valence-corrected chi connectivity index (χ4v) is 3.22. The number of hydrogen-bond acceptors (Lipinski definition) is 4. The summed E-state index contributed by atoms with van der Waals surface area (Å²) in [5.74, 6) is 0.884. The number of ether oxygens (including phenoxy) is 2. The second-order valence-electron chi connectivity index (χ2n) is 6.00. The van der Waals surface area contributed by atoms with E-state index in [1.54, 1.807) is 7.11 Å². The molecule has 0 aliphatic carbocycles. The summed E-state index contributed by atoms with van der Waals surface area (Å²) >= 11 is 0. The van der Waals surface area contributed by atoms with Gasteiger partial charge >= 0.3 is 0 Å². The van der Waals surface area contributed by atoms with Crippen LogP contribution in [0, 0.1) is 0 Å². The van der Waals surface area contributed by atoms with Crippen LogP contribution in [0.3, 0.4) is 0 Å². The maximum atomic E-state index is 6.44. The molecular formula is C17H28N2O2. The maximum absolute atomic E-state index is 6.44. The molecule has 118 valence electrons. The minimum Gasteiger partial charge on any atom is -0.497 e. The molecule has 1 heterocycles. The summed E-state index contributed by atoms with van der Waals surface area (Å²) in [6.07, 6.45) is 1.43. The molecule has 4 heteroatoms. The first-order valence-corrected chi connectivity index (χ1v) is 7.84. The molecule has 1 aromatic carbocycles. The van der Waals surface area contributed by atoms with Gasteiger partial charge in [-0.3, -0.25) is 4.90 Å². The Balaban J connectivity index is 2.29. The van der Waals surface area contributed by atoms with E-state index >= 15 is 0 Å². The van der Waals surface area contributed by atoms with Crippen molar-refractivity contribution in [2.75, 3.05) is 20.2 Å². The second kappa shape index (κ2) is 7.25. The van der Waals surface area contributed by atoms with E-state index in [-0.39, 0.29) is 24.3 Å². The number of nitrogens with zero attached hydrogens (tertiary/aromatic N) is 1. The highest BCUT2D eigenvalue weighted by molar-refractivity contribution is 5.31. The smallest absolute Gasteiger partial charge is 0.119 e. The third-order valence-corrected chi connectivity index (χ3v) is 4.15. The highest BCUT2D eigenvalue weighted by Crippen LogP contribution is 2.30. The molecule has 1 saturated heterocycles. The molecule has 4 atom stereocenters. The zero-order chi connectivity index (χ0) is 15.4. The van der Waals surface area contributed by atoms with Crippen molar-refractivity contribution in [2.45, 2.75) is 51.5 Å². The topological polar surface area (TPSA) is 47.7 Å². The van der Waals surface area contributed by atoms with Crippen LogP contribution in [0.5, 0.6) is 5.75 Å². The molecule has 2 N–H and O–H groups in total. The van der Waals surface area contributed by atoms with Crippen LogP contribution in [0.4, 0.5) is 0 Å². The molecule has 1 aromatic rings. The highest BCUT2D eigenvalue weighted by Gasteiger charge is 2.32. The lowest BCUT2D eigenvalue weighted by molar-refractivity contribution is -0.0838. The predicted molar refractivity (Wildman–Crippen MR) is 85.6 cm³/mol. The lowest BCUT2D eigenvalue weighted by Gasteiger charge is -2.42. The second-order valence-corrected chi connectivity index (χ2v) is 6.00. The van der Waals surface area contributed by atoms with Gasteiger partial charge < -0.3 is 15.2 Å². The zero-order valence-corrected chi connectivity index (χ0v) is 13.6. The monoisotopic (exact) mass is 292 g/mol. The van der Waals surface area contributed by atoms with Gasteiger partial charge in [0.2, 0.25) is 0 Å². The van der Waals surface area contributed by atoms with Gasteiger partial charge in [-0.2, -0.15) is 0 Å². The lowest BCUT2D eigenvalue weighted by Crippen LogP contribution is -2.51. The van der Waals surface area contributed by atoms with E-state index in [4.69, 9.17) is 15.2 Å². The average molecular weight is 292 g/mol. The summed E-state index contributed by atoms with van der Waals surface area (Å²) in [4.78, 5) is 2.46. The molecule has 21 heavy (non-hydrogen) atoms. The Hall–Kier alpha value is -1.10. The first-order chi connectivity index (χ1) is 10.0. The minimum absolute atomic E-state index is 0.106. The predicted octanol–water partition coefficient (Wildman–Crippen LogP) is 2.58. The van der Waals surface area contributed by atoms with Crippen molar-refractivity contribution in [3.63, 3.8) is 0 Å². The molecule has 1 fully saturated rings. The number of methoxy groups -OCH3 is 1. The van der Waals surface area contributed by atoms with Crippen LogP contribution in [0.2, 0.25) is 0 Å². The molecule has 0 saturated carbocycles. The van der Waals surface area contributed by atoms with Gasteiger partial charge in [0.25, 0.3) is 0 Å². The average Bonchev–Trinajstić information content (AvgIpc) is 2.46. The summed E-state index contributed by atoms with van der Waals surface area (Å²) < 4.78 is 11.2. The molecule has 2 unspecified atom stereocenters. The highest BCUT2D eigenvalue weighted by atomic mass is 16.5. The van der Waals surface area contributed by atoms with Gasteiger partial charge in [-0.05, 0) is 38.0 Å². The Morgan fingerprint density at radius 2 is 2.00 bits per heavy atom. The van der Waals surface area contributed by atoms with Crippen molar-refractivity contribution in [2.24, 2.45) is 5.73 Å². The van der Waals surface area contributed by atoms with E-state index in [2.05, 4.69) is 37.8 Å². The summed E-state index contributed by atoms with van der Waals surface area (Å²) in [7, 11) is 1.70. The van der Waals surface area contributed by atoms with Gasteiger partial charge in [0.05, 0.1) is 25.4 Å². The SMILES string of the molecule is CCC(N)C(c1cccc(OC)c1)N1C[C@@H](C)O[C@@H](C)C1. The van der Waals surface area contributed by atoms with Crippen LogP contribution in [0.25, 0.3) is 0 Å². The van der Waals surface area contributed by atoms with Crippen LogP contribution >= 0.6 is 0 Å². The van der Waals surface area contributed by atoms with Crippen molar-refractivity contribution in [1.82, 2.24) is 4.90 Å². The number of nitrogens with two attached hydrogens (primary N) is 1. The maximum Gasteiger partial charge on any atom is 0.119 e. The first-order valence-electron chi connectivity index (χ1n) is 7.84. The Bertz CT molecular complexity index is 442. The van der Waals surface area contributed by atoms with Crippen LogP contribution in [-0.2, 0) is 4.74 Å². The van der Waals surface area contributed by atoms with Crippen LogP contribution < -0.4 is 10.5 Å². The van der Waals surface area contributed by atoms with Gasteiger partial charge in [-0.1, -0.05) is 19.1 Å². The number of hydrogen-bond donors (Lipinski definition) is 1. The number of rotatable bonds is 5. The number of benzene rings is 1. The van der Waals surface area contributed by atoms with Crippen LogP contribution in [-0.4, -0.2) is 43.3 Å². The molecular weight excluding hydrogens is 264 g/mol. The van der Waals surface area contributed by atoms with E-state index in [0.29, 0.717) is 0 Å². The Morgan fingerprint density at radius 1 is 1.33 bits per heavy atom. The molecule has 2 rings (SSSR count). The van der Waals surface area contributed by atoms with Gasteiger partial charge in [0, 0.05) is 19.1 Å². The van der Waals surface area contributed by atoms with Crippen LogP contribution in [0.15, 0.2) is 24.3 Å². The Kier molecular flexibility index (Phi) is 5.62. The van der Waals surface area contributed by atoms with Gasteiger partial charge in [0.15, 0.2) is 0 Å². The molecule has 0 aromatic heterocycles. The van der Waals surface area contributed by atoms with Crippen molar-refractivity contribution in [3.8, 4) is 5.75 Å². The van der Waals surface area contributed by atoms with Crippen molar-refractivity contribution in [3.05, 3.63) is 29.8 Å². The quantitative estimate of drug-likeness (QED) is 0.906. The molecule has 0 bridgehead atoms. The van der Waals surface area contributed by atoms with E-state index in [9.17, 15) is 0 Å². The van der Waals surface area contributed by atoms with Crippen LogP contribution in [0.1, 0.15) is 38.8 Å². The van der Waals surface area contributed by atoms with Crippen molar-refractivity contribution in [1.29, 1.82) is 0 Å². The molecule has 0 spiro atoms. The fraction of sp³-hybridized carbons (Fsp3) is 0.647. The third kappa shape index (κ3) is 3.96. The normalized spacial score (nSPS) is 26.3. The molecule has 1 aliphatic heterocycles. The minimum atomic E-state index is 0.106. The third-order valence-electron chi connectivity index (χ3n) is 4.15. The zero-order valence-electron chi connectivity index (χ0n) is 13.6. The number of morpholine rings is 1. The van der Waals surface area contributed by atoms with E-state index in [1.165, 1.54) is 5.56 Å². The van der Waals surface area contributed by atoms with Gasteiger partial charge in [-0.15, -0.1) is 0 Å². The van der Waals surface area contributed by atoms with Gasteiger partial charge in [0.1, 0.15) is 5.75 Å². The summed E-state index contributed by atoms with van der Waals surface area (Å²) in [6.45, 7) is 8.23. The molecule has 0 radical (unpaired) electrons. The molecule has 4 nitrogen and oxygen atoms in total. The standard InChI is InChI=1S/C17H28N2O2/c1-5-16(18)17(14-7-6-8-15(9-14)20-4)19-10-12(2)21-13(3)11-19/h6-9,12-13,16-17H,5,10-11,18H2,1-4H3/t12-,13+,16?,17?. The largest absolute Gasteiger partial charge is 0.497 e. The summed E-state index contributed by atoms with van der Waals surface area (Å²) in [5, 5.41) is 0. The van der Waals surface area contributed by atoms with Crippen molar-refractivity contribution >= 4 is 0 Å². The van der Waals surface area contributed by atoms with E-state index < -0.39 is 0 Å². The van der Waals surface area contributed by atoms with Gasteiger partial charge in [-0.25, -0.2) is 0 Å². The van der Waals surface area contributed by atoms with E-state index in [1.807, 2.05) is 12.1 Å². The van der Waals surface area contributed by atoms with Crippen molar-refractivity contribution < 1.29 is 9.47 Å². The summed E-state index contributed by atoms with van der Waals surface area (Å²) in [5.41, 5.74) is 7.67. The molecule has 1 aliphatic rings. The summed E-state index contributed by atoms with van der Waals surface area (Å²) in [6, 6.07) is 8.58. The molecule has 0 amide bonds. The Labute approximate surface area is 128 Å². The lowest BCUT2D eigenvalue weighted by atomic mass is 9.95. The first kappa shape index (κ1) is 16.3. The van der Waals surface area contributed by atoms with E-state index in [0.717, 1.165) is 25.3 Å². The Morgan fingerprint density at radius 3 is 2.57 bits per heavy atom. The fourth-order valence-electron chi connectivity index (χ4n) is 3.22.